The largest absolute Gasteiger partial charge is 0.354 e. The number of alkyl halides is 1. The van der Waals surface area contributed by atoms with Gasteiger partial charge in [-0.2, -0.15) is 0 Å². The van der Waals surface area contributed by atoms with Crippen molar-refractivity contribution < 1.29 is 4.39 Å². The SMILES string of the molecule is CN(Cc1ccccc1F)c1cncc(CCl)n1. The van der Waals surface area contributed by atoms with Gasteiger partial charge in [0, 0.05) is 25.4 Å². The van der Waals surface area contributed by atoms with E-state index in [2.05, 4.69) is 9.97 Å². The summed E-state index contributed by atoms with van der Waals surface area (Å²) in [7, 11) is 1.84. The molecule has 0 fully saturated rings. The van der Waals surface area contributed by atoms with Crippen LogP contribution in [0.5, 0.6) is 0 Å². The molecule has 0 atom stereocenters. The van der Waals surface area contributed by atoms with Gasteiger partial charge in [-0.15, -0.1) is 11.6 Å². The number of hydrogen-bond acceptors (Lipinski definition) is 3. The standard InChI is InChI=1S/C13H13ClFN3/c1-18(9-10-4-2-3-5-12(10)15)13-8-16-7-11(6-14)17-13/h2-5,7-8H,6,9H2,1H3. The van der Waals surface area contributed by atoms with Crippen molar-refractivity contribution in [1.29, 1.82) is 0 Å². The van der Waals surface area contributed by atoms with Crippen LogP contribution in [0.1, 0.15) is 11.3 Å². The van der Waals surface area contributed by atoms with Gasteiger partial charge in [0.15, 0.2) is 0 Å². The lowest BCUT2D eigenvalue weighted by molar-refractivity contribution is 0.607. The van der Waals surface area contributed by atoms with E-state index in [-0.39, 0.29) is 5.82 Å². The van der Waals surface area contributed by atoms with Gasteiger partial charge in [-0.1, -0.05) is 18.2 Å². The van der Waals surface area contributed by atoms with Crippen LogP contribution in [-0.2, 0) is 12.4 Å². The maximum atomic E-state index is 13.5. The monoisotopic (exact) mass is 265 g/mol. The van der Waals surface area contributed by atoms with Crippen LogP contribution in [0, 0.1) is 5.82 Å². The molecular weight excluding hydrogens is 253 g/mol. The lowest BCUT2D eigenvalue weighted by Gasteiger charge is -2.18. The van der Waals surface area contributed by atoms with Gasteiger partial charge in [0.25, 0.3) is 0 Å². The molecule has 5 heteroatoms. The molecule has 0 amide bonds. The van der Waals surface area contributed by atoms with Crippen LogP contribution in [-0.4, -0.2) is 17.0 Å². The maximum Gasteiger partial charge on any atom is 0.147 e. The third kappa shape index (κ3) is 2.96. The number of nitrogens with zero attached hydrogens (tertiary/aromatic N) is 3. The van der Waals surface area contributed by atoms with Gasteiger partial charge in [-0.25, -0.2) is 9.37 Å². The number of hydrogen-bond donors (Lipinski definition) is 0. The van der Waals surface area contributed by atoms with E-state index in [9.17, 15) is 4.39 Å². The molecule has 0 aliphatic carbocycles. The fourth-order valence-corrected chi connectivity index (χ4v) is 1.74. The Morgan fingerprint density at radius 1 is 1.28 bits per heavy atom. The van der Waals surface area contributed by atoms with E-state index in [0.717, 1.165) is 0 Å². The van der Waals surface area contributed by atoms with E-state index in [0.29, 0.717) is 29.5 Å². The predicted octanol–water partition coefficient (Wildman–Crippen LogP) is 2.99. The maximum absolute atomic E-state index is 13.5. The second kappa shape index (κ2) is 5.78. The number of anilines is 1. The van der Waals surface area contributed by atoms with Crippen molar-refractivity contribution in [2.45, 2.75) is 12.4 Å². The average Bonchev–Trinajstić information content (AvgIpc) is 2.41. The number of halogens is 2. The smallest absolute Gasteiger partial charge is 0.147 e. The van der Waals surface area contributed by atoms with Crippen molar-refractivity contribution in [3.8, 4) is 0 Å². The zero-order valence-electron chi connectivity index (χ0n) is 9.98. The van der Waals surface area contributed by atoms with Gasteiger partial charge in [0.05, 0.1) is 17.8 Å². The van der Waals surface area contributed by atoms with Crippen molar-refractivity contribution in [3.63, 3.8) is 0 Å². The molecule has 2 rings (SSSR count). The van der Waals surface area contributed by atoms with Gasteiger partial charge in [-0.3, -0.25) is 4.98 Å². The molecule has 0 unspecified atom stereocenters. The highest BCUT2D eigenvalue weighted by Gasteiger charge is 2.08. The summed E-state index contributed by atoms with van der Waals surface area (Å²) in [5.74, 6) is 0.774. The van der Waals surface area contributed by atoms with Crippen LogP contribution in [0.25, 0.3) is 0 Å². The minimum Gasteiger partial charge on any atom is -0.354 e. The van der Waals surface area contributed by atoms with Gasteiger partial charge < -0.3 is 4.90 Å². The lowest BCUT2D eigenvalue weighted by atomic mass is 10.2. The second-order valence-corrected chi connectivity index (χ2v) is 4.22. The molecule has 1 heterocycles. The first-order chi connectivity index (χ1) is 8.70. The Kier molecular flexibility index (Phi) is 4.10. The van der Waals surface area contributed by atoms with E-state index in [1.54, 1.807) is 24.5 Å². The molecule has 0 saturated heterocycles. The van der Waals surface area contributed by atoms with Gasteiger partial charge >= 0.3 is 0 Å². The molecule has 1 aromatic carbocycles. The van der Waals surface area contributed by atoms with Crippen molar-refractivity contribution in [1.82, 2.24) is 9.97 Å². The number of rotatable bonds is 4. The fraction of sp³-hybridized carbons (Fsp3) is 0.231. The van der Waals surface area contributed by atoms with E-state index >= 15 is 0 Å². The molecule has 94 valence electrons. The van der Waals surface area contributed by atoms with Crippen molar-refractivity contribution in [2.75, 3.05) is 11.9 Å². The molecule has 0 aliphatic rings. The molecule has 1 aromatic heterocycles. The summed E-state index contributed by atoms with van der Waals surface area (Å²) in [6.45, 7) is 0.438. The Morgan fingerprint density at radius 2 is 2.06 bits per heavy atom. The molecule has 0 N–H and O–H groups in total. The molecular formula is C13H13ClFN3. The Balaban J connectivity index is 2.16. The minimum atomic E-state index is -0.217. The van der Waals surface area contributed by atoms with Crippen molar-refractivity contribution in [2.24, 2.45) is 0 Å². The van der Waals surface area contributed by atoms with Crippen LogP contribution in [0.2, 0.25) is 0 Å². The van der Waals surface area contributed by atoms with Gasteiger partial charge in [-0.05, 0) is 6.07 Å². The Morgan fingerprint density at radius 3 is 2.78 bits per heavy atom. The first kappa shape index (κ1) is 12.8. The normalized spacial score (nSPS) is 10.4. The van der Waals surface area contributed by atoms with Crippen LogP contribution in [0.3, 0.4) is 0 Å². The topological polar surface area (TPSA) is 29.0 Å². The summed E-state index contributed by atoms with van der Waals surface area (Å²) in [6, 6.07) is 6.69. The summed E-state index contributed by atoms with van der Waals surface area (Å²) in [5.41, 5.74) is 1.33. The molecule has 2 aromatic rings. The van der Waals surface area contributed by atoms with Crippen LogP contribution >= 0.6 is 11.6 Å². The minimum absolute atomic E-state index is 0.217. The van der Waals surface area contributed by atoms with E-state index in [4.69, 9.17) is 11.6 Å². The molecule has 0 spiro atoms. The summed E-state index contributed by atoms with van der Waals surface area (Å²) in [6.07, 6.45) is 3.25. The van der Waals surface area contributed by atoms with Crippen LogP contribution in [0.15, 0.2) is 36.7 Å². The quantitative estimate of drug-likeness (QED) is 0.796. The molecule has 3 nitrogen and oxygen atoms in total. The summed E-state index contributed by atoms with van der Waals surface area (Å²) in [5, 5.41) is 0. The van der Waals surface area contributed by atoms with Crippen molar-refractivity contribution in [3.05, 3.63) is 53.7 Å². The highest BCUT2D eigenvalue weighted by Crippen LogP contribution is 2.14. The summed E-state index contributed by atoms with van der Waals surface area (Å²) >= 11 is 5.71. The van der Waals surface area contributed by atoms with Crippen LogP contribution < -0.4 is 4.90 Å². The zero-order valence-corrected chi connectivity index (χ0v) is 10.7. The first-order valence-corrected chi connectivity index (χ1v) is 6.05. The lowest BCUT2D eigenvalue weighted by Crippen LogP contribution is -2.19. The first-order valence-electron chi connectivity index (χ1n) is 5.52. The number of benzene rings is 1. The summed E-state index contributed by atoms with van der Waals surface area (Å²) in [4.78, 5) is 10.2. The zero-order chi connectivity index (χ0) is 13.0. The third-order valence-electron chi connectivity index (χ3n) is 2.57. The van der Waals surface area contributed by atoms with Crippen molar-refractivity contribution >= 4 is 17.4 Å². The van der Waals surface area contributed by atoms with Gasteiger partial charge in [0.1, 0.15) is 11.6 Å². The molecule has 0 radical (unpaired) electrons. The highest BCUT2D eigenvalue weighted by atomic mass is 35.5. The summed E-state index contributed by atoms with van der Waals surface area (Å²) < 4.78 is 13.5. The second-order valence-electron chi connectivity index (χ2n) is 3.95. The number of aromatic nitrogens is 2. The average molecular weight is 266 g/mol. The molecule has 0 saturated carbocycles. The molecule has 18 heavy (non-hydrogen) atoms. The fourth-order valence-electron chi connectivity index (χ4n) is 1.61. The molecule has 0 aliphatic heterocycles. The molecule has 0 bridgehead atoms. The van der Waals surface area contributed by atoms with Gasteiger partial charge in [0.2, 0.25) is 0 Å². The van der Waals surface area contributed by atoms with E-state index < -0.39 is 0 Å². The Labute approximate surface area is 110 Å². The predicted molar refractivity (Wildman–Crippen MR) is 70.1 cm³/mol. The van der Waals surface area contributed by atoms with Crippen LogP contribution in [0.4, 0.5) is 10.2 Å². The van der Waals surface area contributed by atoms with E-state index in [1.165, 1.54) is 6.07 Å². The Bertz CT molecular complexity index is 533. The third-order valence-corrected chi connectivity index (χ3v) is 2.84. The van der Waals surface area contributed by atoms with E-state index in [1.807, 2.05) is 18.0 Å². The highest BCUT2D eigenvalue weighted by molar-refractivity contribution is 6.16. The Hall–Kier alpha value is -1.68.